The van der Waals surface area contributed by atoms with Gasteiger partial charge in [-0.3, -0.25) is 9.59 Å². The Morgan fingerprint density at radius 3 is 2.88 bits per heavy atom. The Hall–Kier alpha value is -2.51. The smallest absolute Gasteiger partial charge is 0.306 e. The zero-order valence-electron chi connectivity index (χ0n) is 13.8. The van der Waals surface area contributed by atoms with Crippen LogP contribution in [-0.4, -0.2) is 42.6 Å². The van der Waals surface area contributed by atoms with E-state index in [0.717, 1.165) is 23.4 Å². The second kappa shape index (κ2) is 6.54. The van der Waals surface area contributed by atoms with E-state index < -0.39 is 5.97 Å². The van der Waals surface area contributed by atoms with Crippen LogP contribution in [0.2, 0.25) is 0 Å². The summed E-state index contributed by atoms with van der Waals surface area (Å²) in [7, 11) is 0. The molecule has 8 heteroatoms. The minimum Gasteiger partial charge on any atom is -0.481 e. The van der Waals surface area contributed by atoms with E-state index in [0.29, 0.717) is 31.5 Å². The van der Waals surface area contributed by atoms with Crippen molar-refractivity contribution in [3.8, 4) is 0 Å². The minimum atomic E-state index is -0.773. The third-order valence-electron chi connectivity index (χ3n) is 4.74. The van der Waals surface area contributed by atoms with Gasteiger partial charge in [-0.05, 0) is 45.1 Å². The van der Waals surface area contributed by atoms with Crippen LogP contribution in [0, 0.1) is 19.8 Å². The second-order valence-electron chi connectivity index (χ2n) is 6.35. The molecule has 2 heterocycles. The maximum atomic E-state index is 12.2. The molecule has 0 saturated heterocycles. The molecule has 2 N–H and O–H groups in total. The molecule has 2 aromatic rings. The van der Waals surface area contributed by atoms with Crippen LogP contribution in [0.25, 0.3) is 5.78 Å². The standard InChI is InChI=1S/C16H21N5O3/c1-9-13(10(2)21-16(19-9)17-8-18-21)5-6-14(22)20-12-4-3-11(7-12)15(23)24/h8,11-12H,3-7H2,1-2H3,(H,20,22)(H,23,24)/t11-,12+/m1/s1. The number of hydrogen-bond acceptors (Lipinski definition) is 5. The Labute approximate surface area is 139 Å². The number of carboxylic acid groups (broad SMARTS) is 1. The number of hydrogen-bond donors (Lipinski definition) is 2. The lowest BCUT2D eigenvalue weighted by atomic mass is 10.1. The summed E-state index contributed by atoms with van der Waals surface area (Å²) in [4.78, 5) is 31.6. The molecule has 0 unspecified atom stereocenters. The van der Waals surface area contributed by atoms with Crippen molar-refractivity contribution < 1.29 is 14.7 Å². The highest BCUT2D eigenvalue weighted by atomic mass is 16.4. The molecule has 0 spiro atoms. The van der Waals surface area contributed by atoms with Crippen LogP contribution in [0.15, 0.2) is 6.33 Å². The first-order valence-electron chi connectivity index (χ1n) is 8.13. The molecule has 1 fully saturated rings. The maximum Gasteiger partial charge on any atom is 0.306 e. The van der Waals surface area contributed by atoms with Gasteiger partial charge in [-0.2, -0.15) is 10.1 Å². The van der Waals surface area contributed by atoms with E-state index in [1.165, 1.54) is 6.33 Å². The van der Waals surface area contributed by atoms with Crippen LogP contribution >= 0.6 is 0 Å². The quantitative estimate of drug-likeness (QED) is 0.847. The van der Waals surface area contributed by atoms with Crippen LogP contribution < -0.4 is 5.32 Å². The lowest BCUT2D eigenvalue weighted by molar-refractivity contribution is -0.141. The first-order valence-corrected chi connectivity index (χ1v) is 8.13. The molecule has 1 amide bonds. The highest BCUT2D eigenvalue weighted by Crippen LogP contribution is 2.25. The monoisotopic (exact) mass is 331 g/mol. The zero-order chi connectivity index (χ0) is 17.3. The van der Waals surface area contributed by atoms with E-state index in [4.69, 9.17) is 5.11 Å². The van der Waals surface area contributed by atoms with Crippen molar-refractivity contribution in [3.63, 3.8) is 0 Å². The van der Waals surface area contributed by atoms with Gasteiger partial charge in [0.2, 0.25) is 5.91 Å². The first kappa shape index (κ1) is 16.4. The van der Waals surface area contributed by atoms with Gasteiger partial charge in [0.15, 0.2) is 0 Å². The van der Waals surface area contributed by atoms with Gasteiger partial charge in [0, 0.05) is 23.9 Å². The molecule has 1 saturated carbocycles. The molecule has 8 nitrogen and oxygen atoms in total. The zero-order valence-corrected chi connectivity index (χ0v) is 13.8. The molecule has 0 aliphatic heterocycles. The number of aromatic nitrogens is 4. The van der Waals surface area contributed by atoms with Crippen molar-refractivity contribution >= 4 is 17.7 Å². The summed E-state index contributed by atoms with van der Waals surface area (Å²) in [5.74, 6) is -0.601. The van der Waals surface area contributed by atoms with Crippen molar-refractivity contribution in [2.45, 2.75) is 52.0 Å². The molecular formula is C16H21N5O3. The minimum absolute atomic E-state index is 0.0308. The summed E-state index contributed by atoms with van der Waals surface area (Å²) >= 11 is 0. The van der Waals surface area contributed by atoms with Crippen molar-refractivity contribution in [2.24, 2.45) is 5.92 Å². The van der Waals surface area contributed by atoms with Crippen molar-refractivity contribution in [2.75, 3.05) is 0 Å². The van der Waals surface area contributed by atoms with Crippen LogP contribution in [0.4, 0.5) is 0 Å². The Morgan fingerprint density at radius 1 is 1.38 bits per heavy atom. The van der Waals surface area contributed by atoms with Crippen LogP contribution in [0.3, 0.4) is 0 Å². The number of fused-ring (bicyclic) bond motifs is 1. The Balaban J connectivity index is 1.60. The van der Waals surface area contributed by atoms with Gasteiger partial charge < -0.3 is 10.4 Å². The Morgan fingerprint density at radius 2 is 2.17 bits per heavy atom. The van der Waals surface area contributed by atoms with E-state index in [1.54, 1.807) is 4.52 Å². The highest BCUT2D eigenvalue weighted by Gasteiger charge is 2.30. The summed E-state index contributed by atoms with van der Waals surface area (Å²) in [6, 6.07) is -0.0308. The second-order valence-corrected chi connectivity index (χ2v) is 6.35. The maximum absolute atomic E-state index is 12.2. The van der Waals surface area contributed by atoms with E-state index in [1.807, 2.05) is 13.8 Å². The summed E-state index contributed by atoms with van der Waals surface area (Å²) in [6.45, 7) is 3.85. The van der Waals surface area contributed by atoms with E-state index >= 15 is 0 Å². The number of rotatable bonds is 5. The molecular weight excluding hydrogens is 310 g/mol. The van der Waals surface area contributed by atoms with Crippen LogP contribution in [-0.2, 0) is 16.0 Å². The Bertz CT molecular complexity index is 785. The summed E-state index contributed by atoms with van der Waals surface area (Å²) in [5, 5.41) is 16.1. The number of carbonyl (C=O) groups is 2. The predicted molar refractivity (Wildman–Crippen MR) is 85.5 cm³/mol. The first-order chi connectivity index (χ1) is 11.5. The van der Waals surface area contributed by atoms with Gasteiger partial charge in [-0.25, -0.2) is 9.50 Å². The van der Waals surface area contributed by atoms with Crippen LogP contribution in [0.1, 0.15) is 42.6 Å². The fourth-order valence-electron chi connectivity index (χ4n) is 3.39. The number of carboxylic acids is 1. The topological polar surface area (TPSA) is 109 Å². The van der Waals surface area contributed by atoms with Gasteiger partial charge >= 0.3 is 5.97 Å². The normalized spacial score (nSPS) is 20.4. The third-order valence-corrected chi connectivity index (χ3v) is 4.74. The molecule has 3 rings (SSSR count). The van der Waals surface area contributed by atoms with E-state index in [2.05, 4.69) is 20.4 Å². The van der Waals surface area contributed by atoms with E-state index in [9.17, 15) is 9.59 Å². The highest BCUT2D eigenvalue weighted by molar-refractivity contribution is 5.77. The number of nitrogens with zero attached hydrogens (tertiary/aromatic N) is 4. The molecule has 2 aromatic heterocycles. The third kappa shape index (κ3) is 3.22. The fraction of sp³-hybridized carbons (Fsp3) is 0.562. The van der Waals surface area contributed by atoms with E-state index in [-0.39, 0.29) is 17.9 Å². The largest absolute Gasteiger partial charge is 0.481 e. The Kier molecular flexibility index (Phi) is 4.46. The number of amides is 1. The molecule has 1 aliphatic rings. The molecule has 0 bridgehead atoms. The summed E-state index contributed by atoms with van der Waals surface area (Å²) < 4.78 is 1.68. The number of aryl methyl sites for hydroxylation is 2. The molecule has 0 aromatic carbocycles. The number of carbonyl (C=O) groups excluding carboxylic acids is 1. The lowest BCUT2D eigenvalue weighted by Gasteiger charge is -2.14. The average molecular weight is 331 g/mol. The molecule has 24 heavy (non-hydrogen) atoms. The van der Waals surface area contributed by atoms with Gasteiger partial charge in [0.25, 0.3) is 5.78 Å². The lowest BCUT2D eigenvalue weighted by Crippen LogP contribution is -2.33. The molecule has 0 radical (unpaired) electrons. The van der Waals surface area contributed by atoms with Gasteiger partial charge in [-0.15, -0.1) is 0 Å². The number of aliphatic carboxylic acids is 1. The summed E-state index contributed by atoms with van der Waals surface area (Å²) in [6.07, 6.45) is 4.26. The molecule has 128 valence electrons. The molecule has 2 atom stereocenters. The SMILES string of the molecule is Cc1nc2ncnn2c(C)c1CCC(=O)N[C@H]1CC[C@@H](C(=O)O)C1. The fourth-order valence-corrected chi connectivity index (χ4v) is 3.39. The predicted octanol–water partition coefficient (Wildman–Crippen LogP) is 1.04. The van der Waals surface area contributed by atoms with Crippen molar-refractivity contribution in [3.05, 3.63) is 23.3 Å². The van der Waals surface area contributed by atoms with Gasteiger partial charge in [0.05, 0.1) is 5.92 Å². The van der Waals surface area contributed by atoms with Crippen LogP contribution in [0.5, 0.6) is 0 Å². The van der Waals surface area contributed by atoms with Gasteiger partial charge in [-0.1, -0.05) is 0 Å². The number of nitrogens with one attached hydrogen (secondary N) is 1. The average Bonchev–Trinajstić information content (AvgIpc) is 3.16. The molecule has 1 aliphatic carbocycles. The van der Waals surface area contributed by atoms with Crippen molar-refractivity contribution in [1.29, 1.82) is 0 Å². The van der Waals surface area contributed by atoms with Gasteiger partial charge in [0.1, 0.15) is 6.33 Å². The van der Waals surface area contributed by atoms with Crippen molar-refractivity contribution in [1.82, 2.24) is 24.9 Å². The summed E-state index contributed by atoms with van der Waals surface area (Å²) in [5.41, 5.74) is 2.79.